The van der Waals surface area contributed by atoms with Gasteiger partial charge in [0, 0.05) is 18.9 Å². The van der Waals surface area contributed by atoms with Crippen LogP contribution in [0.4, 0.5) is 0 Å². The molecule has 2 N–H and O–H groups in total. The van der Waals surface area contributed by atoms with Gasteiger partial charge < -0.3 is 10.6 Å². The average molecular weight is 314 g/mol. The molecule has 5 nitrogen and oxygen atoms in total. The molecule has 0 fully saturated rings. The van der Waals surface area contributed by atoms with Crippen LogP contribution in [0.3, 0.4) is 0 Å². The fraction of sp³-hybridized carbons (Fsp3) is 0.385. The van der Waals surface area contributed by atoms with Crippen molar-refractivity contribution in [3.8, 4) is 0 Å². The Kier molecular flexibility index (Phi) is 4.99. The summed E-state index contributed by atoms with van der Waals surface area (Å²) in [5, 5.41) is 5.35. The number of halogens is 2. The van der Waals surface area contributed by atoms with Crippen molar-refractivity contribution in [2.24, 2.45) is 5.73 Å². The SMILES string of the molecule is CN(C)CCn1ncc(Cl)c1C(N)c1ccncc1Cl. The van der Waals surface area contributed by atoms with E-state index in [-0.39, 0.29) is 0 Å². The van der Waals surface area contributed by atoms with Crippen LogP contribution in [-0.2, 0) is 6.54 Å². The van der Waals surface area contributed by atoms with Crippen LogP contribution < -0.4 is 5.73 Å². The zero-order valence-electron chi connectivity index (χ0n) is 11.4. The van der Waals surface area contributed by atoms with Crippen LogP contribution in [-0.4, -0.2) is 40.3 Å². The van der Waals surface area contributed by atoms with Crippen molar-refractivity contribution in [1.29, 1.82) is 0 Å². The molecule has 2 aromatic rings. The molecule has 0 aliphatic heterocycles. The summed E-state index contributed by atoms with van der Waals surface area (Å²) in [7, 11) is 4.01. The summed E-state index contributed by atoms with van der Waals surface area (Å²) in [6.07, 6.45) is 4.85. The van der Waals surface area contributed by atoms with E-state index in [1.165, 1.54) is 0 Å². The molecule has 0 saturated carbocycles. The predicted octanol–water partition coefficient (Wildman–Crippen LogP) is 2.19. The molecule has 0 spiro atoms. The average Bonchev–Trinajstić information content (AvgIpc) is 2.77. The van der Waals surface area contributed by atoms with Crippen molar-refractivity contribution >= 4 is 23.2 Å². The van der Waals surface area contributed by atoms with Crippen LogP contribution in [0.1, 0.15) is 17.3 Å². The van der Waals surface area contributed by atoms with Crippen LogP contribution in [0.15, 0.2) is 24.7 Å². The van der Waals surface area contributed by atoms with Gasteiger partial charge in [0.2, 0.25) is 0 Å². The minimum Gasteiger partial charge on any atom is -0.319 e. The molecule has 1 atom stereocenters. The van der Waals surface area contributed by atoms with E-state index in [2.05, 4.69) is 15.0 Å². The van der Waals surface area contributed by atoms with E-state index in [1.807, 2.05) is 18.8 Å². The molecule has 0 bridgehead atoms. The number of aromatic nitrogens is 3. The van der Waals surface area contributed by atoms with Crippen molar-refractivity contribution in [2.75, 3.05) is 20.6 Å². The first-order valence-corrected chi connectivity index (χ1v) is 6.97. The van der Waals surface area contributed by atoms with Gasteiger partial charge in [-0.15, -0.1) is 0 Å². The Morgan fingerprint density at radius 3 is 2.70 bits per heavy atom. The highest BCUT2D eigenvalue weighted by Crippen LogP contribution is 2.29. The summed E-state index contributed by atoms with van der Waals surface area (Å²) in [5.74, 6) is 0. The van der Waals surface area contributed by atoms with Crippen LogP contribution >= 0.6 is 23.2 Å². The van der Waals surface area contributed by atoms with E-state index in [1.54, 1.807) is 24.7 Å². The number of hydrogen-bond donors (Lipinski definition) is 1. The quantitative estimate of drug-likeness (QED) is 0.919. The maximum atomic E-state index is 6.30. The maximum absolute atomic E-state index is 6.30. The van der Waals surface area contributed by atoms with Crippen LogP contribution in [0.5, 0.6) is 0 Å². The molecule has 2 heterocycles. The second kappa shape index (κ2) is 6.54. The summed E-state index contributed by atoms with van der Waals surface area (Å²) in [6, 6.07) is 1.37. The summed E-state index contributed by atoms with van der Waals surface area (Å²) in [6.45, 7) is 1.56. The fourth-order valence-electron chi connectivity index (χ4n) is 1.94. The first-order chi connectivity index (χ1) is 9.50. The molecular weight excluding hydrogens is 297 g/mol. The molecule has 20 heavy (non-hydrogen) atoms. The van der Waals surface area contributed by atoms with Gasteiger partial charge in [-0.05, 0) is 25.7 Å². The predicted molar refractivity (Wildman–Crippen MR) is 81.1 cm³/mol. The van der Waals surface area contributed by atoms with Gasteiger partial charge in [-0.25, -0.2) is 0 Å². The van der Waals surface area contributed by atoms with Gasteiger partial charge in [0.15, 0.2) is 0 Å². The molecule has 1 unspecified atom stereocenters. The second-order valence-corrected chi connectivity index (χ2v) is 5.59. The number of nitrogens with zero attached hydrogens (tertiary/aromatic N) is 4. The first-order valence-electron chi connectivity index (χ1n) is 6.21. The van der Waals surface area contributed by atoms with Gasteiger partial charge in [-0.1, -0.05) is 23.2 Å². The third-order valence-electron chi connectivity index (χ3n) is 3.03. The molecule has 108 valence electrons. The molecule has 0 radical (unpaired) electrons. The highest BCUT2D eigenvalue weighted by molar-refractivity contribution is 6.32. The Hall–Kier alpha value is -1.14. The van der Waals surface area contributed by atoms with Gasteiger partial charge in [-0.2, -0.15) is 5.10 Å². The fourth-order valence-corrected chi connectivity index (χ4v) is 2.44. The Bertz CT molecular complexity index is 582. The Labute approximate surface area is 128 Å². The maximum Gasteiger partial charge on any atom is 0.0837 e. The minimum absolute atomic E-state index is 0.428. The molecule has 0 amide bonds. The molecule has 0 aliphatic rings. The minimum atomic E-state index is -0.428. The van der Waals surface area contributed by atoms with Crippen molar-refractivity contribution in [3.05, 3.63) is 46.0 Å². The molecular formula is C13H17Cl2N5. The lowest BCUT2D eigenvalue weighted by Crippen LogP contribution is -2.23. The van der Waals surface area contributed by atoms with Crippen molar-refractivity contribution < 1.29 is 0 Å². The summed E-state index contributed by atoms with van der Waals surface area (Å²) in [5.41, 5.74) is 7.85. The number of pyridine rings is 1. The van der Waals surface area contributed by atoms with Crippen LogP contribution in [0.25, 0.3) is 0 Å². The van der Waals surface area contributed by atoms with Crippen molar-refractivity contribution in [3.63, 3.8) is 0 Å². The van der Waals surface area contributed by atoms with E-state index >= 15 is 0 Å². The van der Waals surface area contributed by atoms with Gasteiger partial charge in [0.1, 0.15) is 0 Å². The summed E-state index contributed by atoms with van der Waals surface area (Å²) < 4.78 is 1.82. The third-order valence-corrected chi connectivity index (χ3v) is 3.63. The van der Waals surface area contributed by atoms with E-state index in [4.69, 9.17) is 28.9 Å². The van der Waals surface area contributed by atoms with Crippen molar-refractivity contribution in [1.82, 2.24) is 19.7 Å². The molecule has 0 aromatic carbocycles. The van der Waals surface area contributed by atoms with E-state index < -0.39 is 6.04 Å². The summed E-state index contributed by atoms with van der Waals surface area (Å²) in [4.78, 5) is 6.04. The lowest BCUT2D eigenvalue weighted by atomic mass is 10.1. The Morgan fingerprint density at radius 2 is 2.05 bits per heavy atom. The van der Waals surface area contributed by atoms with E-state index in [0.717, 1.165) is 17.8 Å². The molecule has 2 rings (SSSR count). The van der Waals surface area contributed by atoms with Crippen LogP contribution in [0, 0.1) is 0 Å². The van der Waals surface area contributed by atoms with Crippen molar-refractivity contribution in [2.45, 2.75) is 12.6 Å². The molecule has 0 aliphatic carbocycles. The molecule has 0 saturated heterocycles. The lowest BCUT2D eigenvalue weighted by Gasteiger charge is -2.17. The third kappa shape index (κ3) is 3.30. The normalized spacial score (nSPS) is 12.9. The Morgan fingerprint density at radius 1 is 1.30 bits per heavy atom. The highest BCUT2D eigenvalue weighted by Gasteiger charge is 2.20. The molecule has 7 heteroatoms. The van der Waals surface area contributed by atoms with Gasteiger partial charge in [-0.3, -0.25) is 9.67 Å². The smallest absolute Gasteiger partial charge is 0.0837 e. The first kappa shape index (κ1) is 15.3. The van der Waals surface area contributed by atoms with E-state index in [9.17, 15) is 0 Å². The second-order valence-electron chi connectivity index (χ2n) is 4.78. The summed E-state index contributed by atoms with van der Waals surface area (Å²) >= 11 is 12.4. The van der Waals surface area contributed by atoms with Crippen LogP contribution in [0.2, 0.25) is 10.0 Å². The topological polar surface area (TPSA) is 60.0 Å². The van der Waals surface area contributed by atoms with Gasteiger partial charge in [0.05, 0.1) is 34.5 Å². The van der Waals surface area contributed by atoms with E-state index in [0.29, 0.717) is 16.6 Å². The number of hydrogen-bond acceptors (Lipinski definition) is 4. The number of likely N-dealkylation sites (N-methyl/N-ethyl adjacent to an activating group) is 1. The standard InChI is InChI=1S/C13H17Cl2N5/c1-19(2)5-6-20-13(11(15)8-18-20)12(16)9-3-4-17-7-10(9)14/h3-4,7-8,12H,5-6,16H2,1-2H3. The Balaban J connectivity index is 2.32. The highest BCUT2D eigenvalue weighted by atomic mass is 35.5. The zero-order chi connectivity index (χ0) is 14.7. The van der Waals surface area contributed by atoms with Gasteiger partial charge in [0.25, 0.3) is 0 Å². The molecule has 2 aromatic heterocycles. The zero-order valence-corrected chi connectivity index (χ0v) is 12.9. The monoisotopic (exact) mass is 313 g/mol. The largest absolute Gasteiger partial charge is 0.319 e. The van der Waals surface area contributed by atoms with Gasteiger partial charge >= 0.3 is 0 Å². The number of nitrogens with two attached hydrogens (primary N) is 1. The number of rotatable bonds is 5. The lowest BCUT2D eigenvalue weighted by molar-refractivity contribution is 0.368.